The van der Waals surface area contributed by atoms with Gasteiger partial charge in [0.25, 0.3) is 0 Å². The summed E-state index contributed by atoms with van der Waals surface area (Å²) in [5.41, 5.74) is 2.55. The number of ether oxygens (including phenoxy) is 1. The molecule has 2 rings (SSSR count). The SMILES string of the molecule is C[C@H](OCc1ccccc1)C(O)CC1=CCCCC1. The van der Waals surface area contributed by atoms with E-state index in [-0.39, 0.29) is 6.10 Å². The summed E-state index contributed by atoms with van der Waals surface area (Å²) in [6.45, 7) is 2.52. The third kappa shape index (κ3) is 4.81. The van der Waals surface area contributed by atoms with Gasteiger partial charge in [0.1, 0.15) is 0 Å². The standard InChI is InChI=1S/C17H24O2/c1-14(19-13-16-10-6-3-7-11-16)17(18)12-15-8-4-2-5-9-15/h3,6-8,10-11,14,17-18H,2,4-5,9,12-13H2,1H3/t14-,17?/m0/s1. The first-order valence-electron chi connectivity index (χ1n) is 7.27. The van der Waals surface area contributed by atoms with Crippen LogP contribution in [0.5, 0.6) is 0 Å². The van der Waals surface area contributed by atoms with E-state index in [1.54, 1.807) is 0 Å². The van der Waals surface area contributed by atoms with Crippen LogP contribution in [-0.4, -0.2) is 17.3 Å². The monoisotopic (exact) mass is 260 g/mol. The van der Waals surface area contributed by atoms with Gasteiger partial charge in [0.2, 0.25) is 0 Å². The van der Waals surface area contributed by atoms with Crippen LogP contribution in [0.25, 0.3) is 0 Å². The zero-order valence-electron chi connectivity index (χ0n) is 11.7. The Bertz CT molecular complexity index is 397. The molecule has 0 saturated heterocycles. The van der Waals surface area contributed by atoms with Crippen LogP contribution >= 0.6 is 0 Å². The van der Waals surface area contributed by atoms with Crippen molar-refractivity contribution in [3.8, 4) is 0 Å². The van der Waals surface area contributed by atoms with Gasteiger partial charge in [-0.05, 0) is 44.6 Å². The lowest BCUT2D eigenvalue weighted by molar-refractivity contribution is -0.0347. The number of hydrogen-bond acceptors (Lipinski definition) is 2. The Hall–Kier alpha value is -1.12. The van der Waals surface area contributed by atoms with E-state index >= 15 is 0 Å². The normalized spacial score (nSPS) is 18.7. The molecule has 2 heteroatoms. The molecule has 1 aliphatic carbocycles. The first-order valence-corrected chi connectivity index (χ1v) is 7.27. The molecule has 0 fully saturated rings. The molecule has 1 N–H and O–H groups in total. The molecule has 0 spiro atoms. The smallest absolute Gasteiger partial charge is 0.0836 e. The topological polar surface area (TPSA) is 29.5 Å². The third-order valence-electron chi connectivity index (χ3n) is 3.75. The van der Waals surface area contributed by atoms with Gasteiger partial charge < -0.3 is 9.84 Å². The maximum Gasteiger partial charge on any atom is 0.0836 e. The van der Waals surface area contributed by atoms with Crippen molar-refractivity contribution in [3.63, 3.8) is 0 Å². The predicted molar refractivity (Wildman–Crippen MR) is 77.9 cm³/mol. The highest BCUT2D eigenvalue weighted by Crippen LogP contribution is 2.23. The lowest BCUT2D eigenvalue weighted by Gasteiger charge is -2.22. The van der Waals surface area contributed by atoms with E-state index in [4.69, 9.17) is 4.74 Å². The predicted octanol–water partition coefficient (Wildman–Crippen LogP) is 3.84. The van der Waals surface area contributed by atoms with Crippen molar-refractivity contribution in [2.75, 3.05) is 0 Å². The molecule has 0 heterocycles. The maximum atomic E-state index is 10.2. The van der Waals surface area contributed by atoms with E-state index in [1.165, 1.54) is 24.8 Å². The minimum atomic E-state index is -0.395. The van der Waals surface area contributed by atoms with Crippen molar-refractivity contribution in [1.82, 2.24) is 0 Å². The lowest BCUT2D eigenvalue weighted by atomic mass is 9.94. The highest BCUT2D eigenvalue weighted by Gasteiger charge is 2.17. The van der Waals surface area contributed by atoms with Crippen LogP contribution in [0.2, 0.25) is 0 Å². The van der Waals surface area contributed by atoms with Crippen LogP contribution in [0.4, 0.5) is 0 Å². The maximum absolute atomic E-state index is 10.2. The fraction of sp³-hybridized carbons (Fsp3) is 0.529. The van der Waals surface area contributed by atoms with E-state index in [0.29, 0.717) is 6.61 Å². The second-order valence-electron chi connectivity index (χ2n) is 5.38. The molecule has 0 radical (unpaired) electrons. The highest BCUT2D eigenvalue weighted by atomic mass is 16.5. The number of rotatable bonds is 6. The highest BCUT2D eigenvalue weighted by molar-refractivity contribution is 5.13. The molecule has 2 atom stereocenters. The Morgan fingerprint density at radius 2 is 2.00 bits per heavy atom. The Labute approximate surface area is 116 Å². The second-order valence-corrected chi connectivity index (χ2v) is 5.38. The first-order chi connectivity index (χ1) is 9.25. The van der Waals surface area contributed by atoms with Crippen molar-refractivity contribution >= 4 is 0 Å². The molecule has 0 aromatic heterocycles. The Balaban J connectivity index is 1.75. The van der Waals surface area contributed by atoms with E-state index in [2.05, 4.69) is 6.08 Å². The largest absolute Gasteiger partial charge is 0.390 e. The molecule has 19 heavy (non-hydrogen) atoms. The molecule has 1 aromatic rings. The Kier molecular flexibility index (Phi) is 5.62. The van der Waals surface area contributed by atoms with Crippen LogP contribution in [-0.2, 0) is 11.3 Å². The summed E-state index contributed by atoms with van der Waals surface area (Å²) in [4.78, 5) is 0. The van der Waals surface area contributed by atoms with Crippen molar-refractivity contribution in [2.45, 2.75) is 57.8 Å². The lowest BCUT2D eigenvalue weighted by Crippen LogP contribution is -2.26. The average Bonchev–Trinajstić information content (AvgIpc) is 2.47. The van der Waals surface area contributed by atoms with Crippen LogP contribution in [0.3, 0.4) is 0 Å². The van der Waals surface area contributed by atoms with Gasteiger partial charge in [0.15, 0.2) is 0 Å². The quantitative estimate of drug-likeness (QED) is 0.787. The van der Waals surface area contributed by atoms with Gasteiger partial charge in [-0.15, -0.1) is 0 Å². The zero-order chi connectivity index (χ0) is 13.5. The fourth-order valence-corrected chi connectivity index (χ4v) is 2.44. The summed E-state index contributed by atoms with van der Waals surface area (Å²) in [5, 5.41) is 10.2. The molecule has 1 unspecified atom stereocenters. The summed E-state index contributed by atoms with van der Waals surface area (Å²) in [6.07, 6.45) is 7.39. The molecule has 0 saturated carbocycles. The Morgan fingerprint density at radius 3 is 2.68 bits per heavy atom. The van der Waals surface area contributed by atoms with Gasteiger partial charge >= 0.3 is 0 Å². The number of hydrogen-bond donors (Lipinski definition) is 1. The molecule has 0 aliphatic heterocycles. The van der Waals surface area contributed by atoms with Crippen LogP contribution in [0.15, 0.2) is 42.0 Å². The molecular weight excluding hydrogens is 236 g/mol. The second kappa shape index (κ2) is 7.46. The summed E-state index contributed by atoms with van der Waals surface area (Å²) in [5.74, 6) is 0. The first kappa shape index (κ1) is 14.3. The summed E-state index contributed by atoms with van der Waals surface area (Å²) < 4.78 is 5.75. The van der Waals surface area contributed by atoms with Crippen molar-refractivity contribution < 1.29 is 9.84 Å². The number of aliphatic hydroxyl groups excluding tert-OH is 1. The van der Waals surface area contributed by atoms with Crippen LogP contribution in [0.1, 0.15) is 44.6 Å². The molecule has 104 valence electrons. The van der Waals surface area contributed by atoms with Gasteiger partial charge in [0.05, 0.1) is 18.8 Å². The van der Waals surface area contributed by atoms with Crippen molar-refractivity contribution in [3.05, 3.63) is 47.5 Å². The van der Waals surface area contributed by atoms with Crippen LogP contribution in [0, 0.1) is 0 Å². The van der Waals surface area contributed by atoms with Crippen molar-refractivity contribution in [1.29, 1.82) is 0 Å². The van der Waals surface area contributed by atoms with Gasteiger partial charge in [0, 0.05) is 0 Å². The van der Waals surface area contributed by atoms with Gasteiger partial charge in [-0.1, -0.05) is 42.0 Å². The summed E-state index contributed by atoms with van der Waals surface area (Å²) in [7, 11) is 0. The molecular formula is C17H24O2. The van der Waals surface area contributed by atoms with Crippen LogP contribution < -0.4 is 0 Å². The average molecular weight is 260 g/mol. The van der Waals surface area contributed by atoms with Crippen molar-refractivity contribution in [2.24, 2.45) is 0 Å². The fourth-order valence-electron chi connectivity index (χ4n) is 2.44. The Morgan fingerprint density at radius 1 is 1.21 bits per heavy atom. The molecule has 0 bridgehead atoms. The zero-order valence-corrected chi connectivity index (χ0v) is 11.7. The van der Waals surface area contributed by atoms with Gasteiger partial charge in [-0.2, -0.15) is 0 Å². The third-order valence-corrected chi connectivity index (χ3v) is 3.75. The number of benzene rings is 1. The summed E-state index contributed by atoms with van der Waals surface area (Å²) in [6, 6.07) is 10.1. The molecule has 0 amide bonds. The number of allylic oxidation sites excluding steroid dienone is 1. The van der Waals surface area contributed by atoms with Gasteiger partial charge in [-0.25, -0.2) is 0 Å². The van der Waals surface area contributed by atoms with E-state index in [0.717, 1.165) is 18.4 Å². The van der Waals surface area contributed by atoms with E-state index in [1.807, 2.05) is 37.3 Å². The molecule has 1 aliphatic rings. The number of aliphatic hydroxyl groups is 1. The van der Waals surface area contributed by atoms with Gasteiger partial charge in [-0.3, -0.25) is 0 Å². The minimum Gasteiger partial charge on any atom is -0.390 e. The van der Waals surface area contributed by atoms with E-state index < -0.39 is 6.10 Å². The van der Waals surface area contributed by atoms with E-state index in [9.17, 15) is 5.11 Å². The molecule has 2 nitrogen and oxygen atoms in total. The minimum absolute atomic E-state index is 0.122. The molecule has 1 aromatic carbocycles. The summed E-state index contributed by atoms with van der Waals surface area (Å²) >= 11 is 0.